The van der Waals surface area contributed by atoms with Gasteiger partial charge < -0.3 is 10.5 Å². The van der Waals surface area contributed by atoms with E-state index in [1.807, 2.05) is 6.07 Å². The highest BCUT2D eigenvalue weighted by atomic mass is 19.1. The van der Waals surface area contributed by atoms with E-state index < -0.39 is 0 Å². The molecule has 1 aromatic carbocycles. The number of rotatable bonds is 3. The van der Waals surface area contributed by atoms with Crippen LogP contribution in [0.15, 0.2) is 24.3 Å². The number of hydrogen-bond donors (Lipinski definition) is 1. The fourth-order valence-corrected chi connectivity index (χ4v) is 4.26. The molecule has 2 fully saturated rings. The van der Waals surface area contributed by atoms with Crippen molar-refractivity contribution >= 4 is 0 Å². The normalized spacial score (nSPS) is 28.9. The first-order valence-electron chi connectivity index (χ1n) is 7.78. The summed E-state index contributed by atoms with van der Waals surface area (Å²) in [6.45, 7) is 1.42. The minimum Gasteiger partial charge on any atom is -0.375 e. The van der Waals surface area contributed by atoms with Gasteiger partial charge in [0.2, 0.25) is 0 Å². The highest BCUT2D eigenvalue weighted by molar-refractivity contribution is 5.28. The molecule has 1 saturated carbocycles. The molecule has 0 bridgehead atoms. The Kier molecular flexibility index (Phi) is 3.83. The number of ether oxygens (including phenoxy) is 1. The van der Waals surface area contributed by atoms with Crippen molar-refractivity contribution in [2.75, 3.05) is 13.2 Å². The lowest BCUT2D eigenvalue weighted by atomic mass is 9.66. The quantitative estimate of drug-likeness (QED) is 0.917. The van der Waals surface area contributed by atoms with E-state index in [1.165, 1.54) is 18.9 Å². The van der Waals surface area contributed by atoms with Gasteiger partial charge in [-0.05, 0) is 56.3 Å². The van der Waals surface area contributed by atoms with Gasteiger partial charge in [0.15, 0.2) is 0 Å². The van der Waals surface area contributed by atoms with Gasteiger partial charge in [-0.2, -0.15) is 0 Å². The van der Waals surface area contributed by atoms with Crippen molar-refractivity contribution in [2.45, 2.75) is 56.0 Å². The lowest BCUT2D eigenvalue weighted by Crippen LogP contribution is -2.46. The molecule has 0 aromatic heterocycles. The average Bonchev–Trinajstić information content (AvgIpc) is 2.87. The van der Waals surface area contributed by atoms with Crippen LogP contribution in [0.1, 0.15) is 50.5 Å². The molecule has 20 heavy (non-hydrogen) atoms. The standard InChI is InChI=1S/C17H24FNO/c18-15-5-3-4-14(12-15)16(8-10-19)9-11-20-17(13-16)6-1-2-7-17/h3-5,12H,1-2,6-11,13,19H2/t16-/m1/s1. The molecule has 3 heteroatoms. The van der Waals surface area contributed by atoms with E-state index in [2.05, 4.69) is 6.07 Å². The van der Waals surface area contributed by atoms with E-state index in [9.17, 15) is 4.39 Å². The van der Waals surface area contributed by atoms with Crippen LogP contribution >= 0.6 is 0 Å². The highest BCUT2D eigenvalue weighted by Gasteiger charge is 2.47. The minimum atomic E-state index is -0.147. The van der Waals surface area contributed by atoms with Crippen LogP contribution in [0, 0.1) is 5.82 Å². The molecule has 0 radical (unpaired) electrons. The number of hydrogen-bond acceptors (Lipinski definition) is 2. The third-order valence-corrected chi connectivity index (χ3v) is 5.22. The molecule has 1 aromatic rings. The fourth-order valence-electron chi connectivity index (χ4n) is 4.26. The van der Waals surface area contributed by atoms with Crippen LogP contribution < -0.4 is 5.73 Å². The van der Waals surface area contributed by atoms with E-state index in [0.29, 0.717) is 6.54 Å². The average molecular weight is 277 g/mol. The van der Waals surface area contributed by atoms with Gasteiger partial charge in [-0.25, -0.2) is 4.39 Å². The molecule has 2 N–H and O–H groups in total. The third-order valence-electron chi connectivity index (χ3n) is 5.22. The lowest BCUT2D eigenvalue weighted by Gasteiger charge is -2.47. The maximum absolute atomic E-state index is 13.6. The molecule has 1 spiro atoms. The molecule has 0 unspecified atom stereocenters. The second kappa shape index (κ2) is 5.45. The summed E-state index contributed by atoms with van der Waals surface area (Å²) in [6.07, 6.45) is 7.67. The monoisotopic (exact) mass is 277 g/mol. The van der Waals surface area contributed by atoms with Gasteiger partial charge in [0.05, 0.1) is 5.60 Å². The maximum atomic E-state index is 13.6. The first-order valence-corrected chi connectivity index (χ1v) is 7.78. The smallest absolute Gasteiger partial charge is 0.123 e. The molecule has 0 amide bonds. The fraction of sp³-hybridized carbons (Fsp3) is 0.647. The summed E-state index contributed by atoms with van der Waals surface area (Å²) in [4.78, 5) is 0. The summed E-state index contributed by atoms with van der Waals surface area (Å²) in [5, 5.41) is 0. The number of halogens is 1. The van der Waals surface area contributed by atoms with Crippen LogP contribution in [-0.2, 0) is 10.2 Å². The molecule has 1 atom stereocenters. The summed E-state index contributed by atoms with van der Waals surface area (Å²) in [5.74, 6) is -0.147. The summed E-state index contributed by atoms with van der Waals surface area (Å²) in [5.41, 5.74) is 7.01. The summed E-state index contributed by atoms with van der Waals surface area (Å²) in [7, 11) is 0. The van der Waals surface area contributed by atoms with Gasteiger partial charge in [0.1, 0.15) is 5.82 Å². The Morgan fingerprint density at radius 1 is 1.20 bits per heavy atom. The molecule has 1 saturated heterocycles. The Balaban J connectivity index is 1.94. The van der Waals surface area contributed by atoms with Crippen molar-refractivity contribution in [2.24, 2.45) is 5.73 Å². The van der Waals surface area contributed by atoms with Gasteiger partial charge in [-0.1, -0.05) is 25.0 Å². The van der Waals surface area contributed by atoms with Crippen molar-refractivity contribution < 1.29 is 9.13 Å². The van der Waals surface area contributed by atoms with Crippen LogP contribution in [0.5, 0.6) is 0 Å². The number of benzene rings is 1. The highest BCUT2D eigenvalue weighted by Crippen LogP contribution is 2.49. The third kappa shape index (κ3) is 2.49. The van der Waals surface area contributed by atoms with Crippen molar-refractivity contribution in [1.82, 2.24) is 0 Å². The topological polar surface area (TPSA) is 35.2 Å². The first kappa shape index (κ1) is 14.0. The van der Waals surface area contributed by atoms with E-state index in [1.54, 1.807) is 6.07 Å². The Bertz CT molecular complexity index is 466. The van der Waals surface area contributed by atoms with Crippen LogP contribution in [0.3, 0.4) is 0 Å². The van der Waals surface area contributed by atoms with E-state index in [4.69, 9.17) is 10.5 Å². The van der Waals surface area contributed by atoms with E-state index in [0.717, 1.165) is 44.3 Å². The zero-order chi connectivity index (χ0) is 14.1. The van der Waals surface area contributed by atoms with Gasteiger partial charge in [-0.15, -0.1) is 0 Å². The van der Waals surface area contributed by atoms with Gasteiger partial charge in [0, 0.05) is 12.0 Å². The second-order valence-electron chi connectivity index (χ2n) is 6.49. The molecular formula is C17H24FNO. The van der Waals surface area contributed by atoms with Crippen LogP contribution in [0.4, 0.5) is 4.39 Å². The summed E-state index contributed by atoms with van der Waals surface area (Å²) >= 11 is 0. The van der Waals surface area contributed by atoms with Crippen LogP contribution in [0.2, 0.25) is 0 Å². The van der Waals surface area contributed by atoms with Crippen LogP contribution in [0.25, 0.3) is 0 Å². The SMILES string of the molecule is NCC[C@@]1(c2cccc(F)c2)CCOC2(CCCC2)C1. The van der Waals surface area contributed by atoms with Gasteiger partial charge in [0.25, 0.3) is 0 Å². The molecule has 2 aliphatic rings. The Labute approximate surface area is 120 Å². The molecule has 3 rings (SSSR count). The Hall–Kier alpha value is -0.930. The largest absolute Gasteiger partial charge is 0.375 e. The molecule has 1 heterocycles. The van der Waals surface area contributed by atoms with Gasteiger partial charge in [-0.3, -0.25) is 0 Å². The van der Waals surface area contributed by atoms with Crippen molar-refractivity contribution in [3.05, 3.63) is 35.6 Å². The minimum absolute atomic E-state index is 0.000556. The maximum Gasteiger partial charge on any atom is 0.123 e. The zero-order valence-electron chi connectivity index (χ0n) is 12.0. The molecule has 2 nitrogen and oxygen atoms in total. The van der Waals surface area contributed by atoms with Crippen molar-refractivity contribution in [3.8, 4) is 0 Å². The lowest BCUT2D eigenvalue weighted by molar-refractivity contribution is -0.103. The number of nitrogens with two attached hydrogens (primary N) is 1. The molecular weight excluding hydrogens is 253 g/mol. The second-order valence-corrected chi connectivity index (χ2v) is 6.49. The Morgan fingerprint density at radius 3 is 2.70 bits per heavy atom. The van der Waals surface area contributed by atoms with Gasteiger partial charge >= 0.3 is 0 Å². The van der Waals surface area contributed by atoms with Crippen molar-refractivity contribution in [1.29, 1.82) is 0 Å². The Morgan fingerprint density at radius 2 is 2.00 bits per heavy atom. The first-order chi connectivity index (χ1) is 9.68. The summed E-state index contributed by atoms with van der Waals surface area (Å²) in [6, 6.07) is 7.10. The predicted molar refractivity (Wildman–Crippen MR) is 78.1 cm³/mol. The van der Waals surface area contributed by atoms with Crippen LogP contribution in [-0.4, -0.2) is 18.8 Å². The zero-order valence-corrected chi connectivity index (χ0v) is 12.0. The van der Waals surface area contributed by atoms with E-state index >= 15 is 0 Å². The van der Waals surface area contributed by atoms with E-state index in [-0.39, 0.29) is 16.8 Å². The van der Waals surface area contributed by atoms with Crippen molar-refractivity contribution in [3.63, 3.8) is 0 Å². The molecule has 1 aliphatic heterocycles. The molecule has 1 aliphatic carbocycles. The molecule has 110 valence electrons. The predicted octanol–water partition coefficient (Wildman–Crippen LogP) is 3.54. The summed E-state index contributed by atoms with van der Waals surface area (Å²) < 4.78 is 19.8.